The molecule has 2 heterocycles. The molecule has 2 aliphatic heterocycles. The Hall–Kier alpha value is -2.29. The van der Waals surface area contributed by atoms with Crippen molar-refractivity contribution < 1.29 is 9.59 Å². The average Bonchev–Trinajstić information content (AvgIpc) is 2.88. The van der Waals surface area contributed by atoms with Gasteiger partial charge in [-0.15, -0.1) is 0 Å². The topological polar surface area (TPSA) is 55.9 Å². The van der Waals surface area contributed by atoms with Gasteiger partial charge in [0.05, 0.1) is 12.5 Å². The summed E-state index contributed by atoms with van der Waals surface area (Å²) in [6, 6.07) is 18.2. The SMILES string of the molecule is O=C(c1ccc(CN2C(=O)C3CC(Br)CCC3NC2=S)cc1)N1CCN(Cc2ccccc2)CC1. The van der Waals surface area contributed by atoms with Gasteiger partial charge in [-0.3, -0.25) is 19.4 Å². The number of thiocarbonyl (C=S) groups is 1. The lowest BCUT2D eigenvalue weighted by Crippen LogP contribution is -2.61. The highest BCUT2D eigenvalue weighted by atomic mass is 79.9. The van der Waals surface area contributed by atoms with E-state index in [2.05, 4.69) is 50.4 Å². The minimum atomic E-state index is -0.0405. The zero-order chi connectivity index (χ0) is 24.4. The van der Waals surface area contributed by atoms with Crippen LogP contribution in [-0.4, -0.2) is 68.7 Å². The number of fused-ring (bicyclic) bond motifs is 1. The fourth-order valence-corrected chi connectivity index (χ4v) is 6.29. The summed E-state index contributed by atoms with van der Waals surface area (Å²) in [7, 11) is 0. The van der Waals surface area contributed by atoms with Crippen LogP contribution in [0.1, 0.15) is 40.7 Å². The third-order valence-electron chi connectivity index (χ3n) is 7.37. The minimum Gasteiger partial charge on any atom is -0.359 e. The molecule has 5 rings (SSSR count). The fourth-order valence-electron chi connectivity index (χ4n) is 5.32. The maximum Gasteiger partial charge on any atom is 0.253 e. The molecule has 2 saturated heterocycles. The molecule has 1 saturated carbocycles. The number of rotatable bonds is 5. The zero-order valence-electron chi connectivity index (χ0n) is 19.7. The highest BCUT2D eigenvalue weighted by Crippen LogP contribution is 2.33. The van der Waals surface area contributed by atoms with Crippen LogP contribution in [0.15, 0.2) is 54.6 Å². The Bertz CT molecular complexity index is 1070. The number of nitrogens with one attached hydrogen (secondary N) is 1. The van der Waals surface area contributed by atoms with Crippen molar-refractivity contribution in [3.8, 4) is 0 Å². The van der Waals surface area contributed by atoms with Crippen molar-refractivity contribution >= 4 is 45.1 Å². The summed E-state index contributed by atoms with van der Waals surface area (Å²) in [5.41, 5.74) is 2.96. The van der Waals surface area contributed by atoms with Gasteiger partial charge in [-0.05, 0) is 54.7 Å². The van der Waals surface area contributed by atoms with Crippen LogP contribution in [0.2, 0.25) is 0 Å². The molecule has 2 amide bonds. The number of hydrogen-bond donors (Lipinski definition) is 1. The van der Waals surface area contributed by atoms with Crippen molar-refractivity contribution in [3.63, 3.8) is 0 Å². The first-order valence-electron chi connectivity index (χ1n) is 12.4. The largest absolute Gasteiger partial charge is 0.359 e. The second-order valence-electron chi connectivity index (χ2n) is 9.75. The third kappa shape index (κ3) is 5.60. The second-order valence-corrected chi connectivity index (χ2v) is 11.4. The maximum atomic E-state index is 13.2. The summed E-state index contributed by atoms with van der Waals surface area (Å²) < 4.78 is 0. The van der Waals surface area contributed by atoms with E-state index in [1.807, 2.05) is 35.2 Å². The molecule has 3 aliphatic rings. The molecule has 0 spiro atoms. The molecule has 3 fully saturated rings. The van der Waals surface area contributed by atoms with E-state index in [0.29, 0.717) is 22.0 Å². The molecule has 35 heavy (non-hydrogen) atoms. The van der Waals surface area contributed by atoms with E-state index >= 15 is 0 Å². The van der Waals surface area contributed by atoms with Gasteiger partial charge in [-0.25, -0.2) is 0 Å². The quantitative estimate of drug-likeness (QED) is 0.450. The predicted molar refractivity (Wildman–Crippen MR) is 144 cm³/mol. The summed E-state index contributed by atoms with van der Waals surface area (Å²) in [6.07, 6.45) is 2.85. The van der Waals surface area contributed by atoms with Gasteiger partial charge in [0.2, 0.25) is 5.91 Å². The Labute approximate surface area is 220 Å². The number of amides is 2. The van der Waals surface area contributed by atoms with Crippen LogP contribution in [0.25, 0.3) is 0 Å². The van der Waals surface area contributed by atoms with Crippen LogP contribution in [0.3, 0.4) is 0 Å². The van der Waals surface area contributed by atoms with E-state index in [1.165, 1.54) is 5.56 Å². The number of alkyl halides is 1. The van der Waals surface area contributed by atoms with Crippen LogP contribution in [0.4, 0.5) is 0 Å². The van der Waals surface area contributed by atoms with Gasteiger partial charge in [0.15, 0.2) is 5.11 Å². The van der Waals surface area contributed by atoms with E-state index in [-0.39, 0.29) is 23.8 Å². The Morgan fingerprint density at radius 1 is 0.943 bits per heavy atom. The Kier molecular flexibility index (Phi) is 7.51. The normalized spacial score (nSPS) is 25.2. The van der Waals surface area contributed by atoms with Crippen molar-refractivity contribution in [1.82, 2.24) is 20.0 Å². The lowest BCUT2D eigenvalue weighted by molar-refractivity contribution is -0.135. The monoisotopic (exact) mass is 554 g/mol. The Balaban J connectivity index is 1.16. The molecule has 2 aromatic carbocycles. The van der Waals surface area contributed by atoms with Crippen molar-refractivity contribution in [1.29, 1.82) is 0 Å². The molecule has 3 atom stereocenters. The lowest BCUT2D eigenvalue weighted by Gasteiger charge is -2.43. The van der Waals surface area contributed by atoms with Gasteiger partial charge in [0, 0.05) is 49.2 Å². The van der Waals surface area contributed by atoms with Gasteiger partial charge in [0.25, 0.3) is 5.91 Å². The van der Waals surface area contributed by atoms with Crippen LogP contribution in [0.5, 0.6) is 0 Å². The van der Waals surface area contributed by atoms with E-state index in [4.69, 9.17) is 12.2 Å². The molecule has 1 N–H and O–H groups in total. The first kappa shape index (κ1) is 24.4. The maximum absolute atomic E-state index is 13.2. The molecule has 1 aliphatic carbocycles. The summed E-state index contributed by atoms with van der Waals surface area (Å²) in [4.78, 5) is 32.6. The summed E-state index contributed by atoms with van der Waals surface area (Å²) >= 11 is 9.20. The summed E-state index contributed by atoms with van der Waals surface area (Å²) in [5, 5.41) is 3.89. The van der Waals surface area contributed by atoms with Gasteiger partial charge >= 0.3 is 0 Å². The number of carbonyl (C=O) groups excluding carboxylic acids is 2. The zero-order valence-corrected chi connectivity index (χ0v) is 22.1. The molecule has 8 heteroatoms. The Morgan fingerprint density at radius 3 is 2.34 bits per heavy atom. The lowest BCUT2D eigenvalue weighted by atomic mass is 9.82. The molecule has 0 bridgehead atoms. The van der Waals surface area contributed by atoms with Gasteiger partial charge < -0.3 is 10.2 Å². The van der Waals surface area contributed by atoms with Crippen LogP contribution < -0.4 is 5.32 Å². The summed E-state index contributed by atoms with van der Waals surface area (Å²) in [5.74, 6) is 0.133. The van der Waals surface area contributed by atoms with Gasteiger partial charge in [0.1, 0.15) is 0 Å². The van der Waals surface area contributed by atoms with E-state index in [1.54, 1.807) is 4.90 Å². The molecular formula is C27H31BrN4O2S. The highest BCUT2D eigenvalue weighted by Gasteiger charge is 2.42. The first-order chi connectivity index (χ1) is 17.0. The van der Waals surface area contributed by atoms with Crippen LogP contribution in [0, 0.1) is 5.92 Å². The van der Waals surface area contributed by atoms with Crippen molar-refractivity contribution in [2.45, 2.75) is 43.2 Å². The number of hydrogen-bond acceptors (Lipinski definition) is 4. The molecule has 6 nitrogen and oxygen atoms in total. The smallest absolute Gasteiger partial charge is 0.253 e. The molecule has 0 aromatic heterocycles. The van der Waals surface area contributed by atoms with Gasteiger partial charge in [-0.1, -0.05) is 58.4 Å². The Morgan fingerprint density at radius 2 is 1.63 bits per heavy atom. The second kappa shape index (κ2) is 10.8. The van der Waals surface area contributed by atoms with Crippen molar-refractivity contribution in [2.24, 2.45) is 5.92 Å². The van der Waals surface area contributed by atoms with Crippen molar-refractivity contribution in [2.75, 3.05) is 26.2 Å². The molecule has 2 aromatic rings. The molecular weight excluding hydrogens is 524 g/mol. The number of halogens is 1. The number of nitrogens with zero attached hydrogens (tertiary/aromatic N) is 3. The van der Waals surface area contributed by atoms with E-state index < -0.39 is 0 Å². The summed E-state index contributed by atoms with van der Waals surface area (Å²) in [6.45, 7) is 4.55. The number of piperazine rings is 1. The molecule has 0 radical (unpaired) electrons. The van der Waals surface area contributed by atoms with Crippen molar-refractivity contribution in [3.05, 3.63) is 71.3 Å². The van der Waals surface area contributed by atoms with E-state index in [0.717, 1.165) is 57.5 Å². The fraction of sp³-hybridized carbons (Fsp3) is 0.444. The van der Waals surface area contributed by atoms with Crippen LogP contribution >= 0.6 is 28.1 Å². The predicted octanol–water partition coefficient (Wildman–Crippen LogP) is 3.79. The van der Waals surface area contributed by atoms with Gasteiger partial charge in [-0.2, -0.15) is 0 Å². The third-order valence-corrected chi connectivity index (χ3v) is 8.54. The molecule has 184 valence electrons. The minimum absolute atomic E-state index is 0.0405. The molecule has 3 unspecified atom stereocenters. The van der Waals surface area contributed by atoms with E-state index in [9.17, 15) is 9.59 Å². The first-order valence-corrected chi connectivity index (χ1v) is 13.7. The standard InChI is InChI=1S/C27H31BrN4O2S/c28-22-10-11-24-23(16-22)26(34)32(27(35)29-24)18-20-6-8-21(9-7-20)25(33)31-14-12-30(13-15-31)17-19-4-2-1-3-5-19/h1-9,22-24H,10-18H2,(H,29,35). The van der Waals surface area contributed by atoms with Crippen LogP contribution in [-0.2, 0) is 17.9 Å². The average molecular weight is 556 g/mol. The highest BCUT2D eigenvalue weighted by molar-refractivity contribution is 9.09. The number of carbonyl (C=O) groups is 2. The number of benzene rings is 2.